The Balaban J connectivity index is 2.49. The van der Waals surface area contributed by atoms with Gasteiger partial charge in [0.05, 0.1) is 19.8 Å². The van der Waals surface area contributed by atoms with Crippen molar-refractivity contribution in [3.05, 3.63) is 29.3 Å². The van der Waals surface area contributed by atoms with Gasteiger partial charge in [-0.25, -0.2) is 4.79 Å². The number of aryl methyl sites for hydroxylation is 2. The average Bonchev–Trinajstić information content (AvgIpc) is 2.57. The molecule has 0 saturated carbocycles. The van der Waals surface area contributed by atoms with E-state index in [0.29, 0.717) is 19.8 Å². The molecule has 23 heavy (non-hydrogen) atoms. The second-order valence-corrected chi connectivity index (χ2v) is 5.30. The number of anilines is 1. The van der Waals surface area contributed by atoms with Crippen LogP contribution in [-0.2, 0) is 31.8 Å². The third-order valence-corrected chi connectivity index (χ3v) is 3.62. The zero-order valence-corrected chi connectivity index (χ0v) is 14.7. The number of ether oxygens (including phenoxy) is 3. The van der Waals surface area contributed by atoms with Gasteiger partial charge in [-0.3, -0.25) is 0 Å². The van der Waals surface area contributed by atoms with Crippen LogP contribution in [0.5, 0.6) is 0 Å². The maximum atomic E-state index is 12.1. The zero-order valence-electron chi connectivity index (χ0n) is 14.7. The summed E-state index contributed by atoms with van der Waals surface area (Å²) < 4.78 is 15.4. The molecule has 5 nitrogen and oxygen atoms in total. The van der Waals surface area contributed by atoms with Gasteiger partial charge in [0.1, 0.15) is 12.6 Å². The standard InChI is InChI=1S/C18H29NO4/c1-5-15-8-7-9-16(6-2)17(15)19-14(3)18(20)23-13-12-22-11-10-21-4/h7-9,14,19H,5-6,10-13H2,1-4H3/t14-/m0/s1. The molecule has 0 unspecified atom stereocenters. The minimum Gasteiger partial charge on any atom is -0.462 e. The molecule has 0 aliphatic carbocycles. The highest BCUT2D eigenvalue weighted by molar-refractivity contribution is 5.79. The summed E-state index contributed by atoms with van der Waals surface area (Å²) in [6.45, 7) is 7.73. The Hall–Kier alpha value is -1.59. The molecule has 0 heterocycles. The molecule has 0 spiro atoms. The van der Waals surface area contributed by atoms with E-state index in [4.69, 9.17) is 14.2 Å². The maximum Gasteiger partial charge on any atom is 0.328 e. The second kappa shape index (κ2) is 11.0. The van der Waals surface area contributed by atoms with E-state index in [1.807, 2.05) is 6.92 Å². The third-order valence-electron chi connectivity index (χ3n) is 3.62. The van der Waals surface area contributed by atoms with Crippen LogP contribution in [0, 0.1) is 0 Å². The Labute approximate surface area is 139 Å². The smallest absolute Gasteiger partial charge is 0.328 e. The molecule has 5 heteroatoms. The quantitative estimate of drug-likeness (QED) is 0.501. The molecule has 1 aromatic rings. The SMILES string of the molecule is CCc1cccc(CC)c1N[C@@H](C)C(=O)OCCOCCOC. The molecule has 1 aromatic carbocycles. The lowest BCUT2D eigenvalue weighted by Gasteiger charge is -2.19. The van der Waals surface area contributed by atoms with Crippen LogP contribution in [0.4, 0.5) is 5.69 Å². The van der Waals surface area contributed by atoms with Gasteiger partial charge in [-0.15, -0.1) is 0 Å². The predicted molar refractivity (Wildman–Crippen MR) is 91.9 cm³/mol. The van der Waals surface area contributed by atoms with E-state index in [0.717, 1.165) is 18.5 Å². The highest BCUT2D eigenvalue weighted by Crippen LogP contribution is 2.23. The van der Waals surface area contributed by atoms with E-state index >= 15 is 0 Å². The Bertz CT molecular complexity index is 454. The van der Waals surface area contributed by atoms with Gasteiger partial charge in [0.15, 0.2) is 0 Å². The highest BCUT2D eigenvalue weighted by atomic mass is 16.6. The molecule has 1 atom stereocenters. The average molecular weight is 323 g/mol. The lowest BCUT2D eigenvalue weighted by Crippen LogP contribution is -2.30. The summed E-state index contributed by atoms with van der Waals surface area (Å²) in [4.78, 5) is 12.1. The molecule has 0 aromatic heterocycles. The Morgan fingerprint density at radius 3 is 2.26 bits per heavy atom. The Morgan fingerprint density at radius 1 is 1.09 bits per heavy atom. The lowest BCUT2D eigenvalue weighted by molar-refractivity contribution is -0.145. The first kappa shape index (κ1) is 19.5. The number of para-hydroxylation sites is 1. The molecule has 130 valence electrons. The van der Waals surface area contributed by atoms with Crippen molar-refractivity contribution in [2.24, 2.45) is 0 Å². The number of hydrogen-bond acceptors (Lipinski definition) is 5. The summed E-state index contributed by atoms with van der Waals surface area (Å²) in [6.07, 6.45) is 1.84. The normalized spacial score (nSPS) is 12.0. The molecule has 0 fully saturated rings. The van der Waals surface area contributed by atoms with E-state index < -0.39 is 6.04 Å². The number of rotatable bonds is 11. The second-order valence-electron chi connectivity index (χ2n) is 5.30. The van der Waals surface area contributed by atoms with Crippen LogP contribution in [0.2, 0.25) is 0 Å². The van der Waals surface area contributed by atoms with Crippen molar-refractivity contribution in [3.8, 4) is 0 Å². The van der Waals surface area contributed by atoms with Gasteiger partial charge < -0.3 is 19.5 Å². The number of methoxy groups -OCH3 is 1. The van der Waals surface area contributed by atoms with Gasteiger partial charge in [-0.05, 0) is 30.9 Å². The topological polar surface area (TPSA) is 56.8 Å². The van der Waals surface area contributed by atoms with Crippen LogP contribution >= 0.6 is 0 Å². The molecule has 0 radical (unpaired) electrons. The van der Waals surface area contributed by atoms with Crippen molar-refractivity contribution in [2.75, 3.05) is 38.9 Å². The Kier molecular flexibility index (Phi) is 9.33. The zero-order chi connectivity index (χ0) is 17.1. The number of nitrogens with one attached hydrogen (secondary N) is 1. The monoisotopic (exact) mass is 323 g/mol. The van der Waals surface area contributed by atoms with Crippen LogP contribution in [-0.4, -0.2) is 45.5 Å². The number of hydrogen-bond donors (Lipinski definition) is 1. The van der Waals surface area contributed by atoms with Gasteiger partial charge in [0, 0.05) is 12.8 Å². The summed E-state index contributed by atoms with van der Waals surface area (Å²) in [6, 6.07) is 5.84. The summed E-state index contributed by atoms with van der Waals surface area (Å²) in [5, 5.41) is 3.31. The molecular weight excluding hydrogens is 294 g/mol. The number of benzene rings is 1. The first-order valence-corrected chi connectivity index (χ1v) is 8.24. The maximum absolute atomic E-state index is 12.1. The molecule has 0 saturated heterocycles. The first-order valence-electron chi connectivity index (χ1n) is 8.24. The van der Waals surface area contributed by atoms with E-state index in [1.165, 1.54) is 11.1 Å². The van der Waals surface area contributed by atoms with Crippen molar-refractivity contribution in [1.82, 2.24) is 0 Å². The van der Waals surface area contributed by atoms with E-state index in [2.05, 4.69) is 37.4 Å². The Morgan fingerprint density at radius 2 is 1.70 bits per heavy atom. The fourth-order valence-corrected chi connectivity index (χ4v) is 2.27. The summed E-state index contributed by atoms with van der Waals surface area (Å²) in [5.74, 6) is -0.270. The van der Waals surface area contributed by atoms with E-state index in [-0.39, 0.29) is 12.6 Å². The van der Waals surface area contributed by atoms with Crippen LogP contribution in [0.25, 0.3) is 0 Å². The summed E-state index contributed by atoms with van der Waals surface area (Å²) in [7, 11) is 1.62. The van der Waals surface area contributed by atoms with Crippen molar-refractivity contribution >= 4 is 11.7 Å². The molecule has 0 bridgehead atoms. The fraction of sp³-hybridized carbons (Fsp3) is 0.611. The lowest BCUT2D eigenvalue weighted by atomic mass is 10.0. The van der Waals surface area contributed by atoms with Gasteiger partial charge in [0.2, 0.25) is 0 Å². The molecule has 0 aliphatic rings. The van der Waals surface area contributed by atoms with Crippen LogP contribution in [0.15, 0.2) is 18.2 Å². The highest BCUT2D eigenvalue weighted by Gasteiger charge is 2.17. The number of carbonyl (C=O) groups is 1. The van der Waals surface area contributed by atoms with Crippen LogP contribution < -0.4 is 5.32 Å². The van der Waals surface area contributed by atoms with Gasteiger partial charge in [0.25, 0.3) is 0 Å². The third kappa shape index (κ3) is 6.59. The largest absolute Gasteiger partial charge is 0.462 e. The minimum absolute atomic E-state index is 0.255. The van der Waals surface area contributed by atoms with Crippen LogP contribution in [0.3, 0.4) is 0 Å². The summed E-state index contributed by atoms with van der Waals surface area (Å²) >= 11 is 0. The fourth-order valence-electron chi connectivity index (χ4n) is 2.27. The van der Waals surface area contributed by atoms with Crippen molar-refractivity contribution < 1.29 is 19.0 Å². The van der Waals surface area contributed by atoms with Crippen molar-refractivity contribution in [3.63, 3.8) is 0 Å². The first-order chi connectivity index (χ1) is 11.1. The van der Waals surface area contributed by atoms with Gasteiger partial charge in [-0.1, -0.05) is 32.0 Å². The minimum atomic E-state index is -0.396. The molecule has 0 aliphatic heterocycles. The van der Waals surface area contributed by atoms with E-state index in [9.17, 15) is 4.79 Å². The molecular formula is C18H29NO4. The van der Waals surface area contributed by atoms with Crippen LogP contribution in [0.1, 0.15) is 31.9 Å². The summed E-state index contributed by atoms with van der Waals surface area (Å²) in [5.41, 5.74) is 3.48. The number of esters is 1. The predicted octanol–water partition coefficient (Wildman–Crippen LogP) is 2.82. The number of carbonyl (C=O) groups excluding carboxylic acids is 1. The van der Waals surface area contributed by atoms with Gasteiger partial charge >= 0.3 is 5.97 Å². The van der Waals surface area contributed by atoms with E-state index in [1.54, 1.807) is 7.11 Å². The molecule has 1 rings (SSSR count). The van der Waals surface area contributed by atoms with Crippen molar-refractivity contribution in [2.45, 2.75) is 39.7 Å². The van der Waals surface area contributed by atoms with Crippen molar-refractivity contribution in [1.29, 1.82) is 0 Å². The van der Waals surface area contributed by atoms with Gasteiger partial charge in [-0.2, -0.15) is 0 Å². The molecule has 0 amide bonds. The molecule has 1 N–H and O–H groups in total.